The van der Waals surface area contributed by atoms with Crippen molar-refractivity contribution in [2.24, 2.45) is 0 Å². The molecule has 0 spiro atoms. The van der Waals surface area contributed by atoms with Crippen LogP contribution in [0.2, 0.25) is 0 Å². The van der Waals surface area contributed by atoms with Crippen LogP contribution in [-0.4, -0.2) is 37.6 Å². The molecule has 1 aromatic carbocycles. The molecule has 3 aromatic rings. The lowest BCUT2D eigenvalue weighted by Gasteiger charge is -2.33. The van der Waals surface area contributed by atoms with Crippen LogP contribution in [0.4, 0.5) is 0 Å². The Bertz CT molecular complexity index is 904. The Morgan fingerprint density at radius 1 is 1.24 bits per heavy atom. The summed E-state index contributed by atoms with van der Waals surface area (Å²) < 4.78 is 3.08. The summed E-state index contributed by atoms with van der Waals surface area (Å²) >= 11 is 3.59. The molecule has 0 saturated carbocycles. The summed E-state index contributed by atoms with van der Waals surface area (Å²) in [5.74, 6) is 1.17. The van der Waals surface area contributed by atoms with E-state index in [4.69, 9.17) is 0 Å². The van der Waals surface area contributed by atoms with Crippen molar-refractivity contribution in [3.8, 4) is 0 Å². The van der Waals surface area contributed by atoms with E-state index in [2.05, 4.69) is 67.1 Å². The van der Waals surface area contributed by atoms with Gasteiger partial charge in [0, 0.05) is 29.2 Å². The zero-order chi connectivity index (χ0) is 17.4. The Morgan fingerprint density at radius 2 is 2.12 bits per heavy atom. The van der Waals surface area contributed by atoms with Crippen LogP contribution in [0.5, 0.6) is 0 Å². The van der Waals surface area contributed by atoms with Gasteiger partial charge in [-0.1, -0.05) is 28.1 Å². The highest BCUT2D eigenvalue weighted by Gasteiger charge is 2.24. The van der Waals surface area contributed by atoms with Crippen molar-refractivity contribution in [3.05, 3.63) is 57.6 Å². The third kappa shape index (κ3) is 3.46. The number of nitrogens with zero attached hydrogens (tertiary/aromatic N) is 5. The highest BCUT2D eigenvalue weighted by Crippen LogP contribution is 2.28. The van der Waals surface area contributed by atoms with Crippen LogP contribution in [0.1, 0.15) is 41.3 Å². The van der Waals surface area contributed by atoms with E-state index in [0.717, 1.165) is 25.3 Å². The number of rotatable bonds is 3. The van der Waals surface area contributed by atoms with Crippen LogP contribution in [0.3, 0.4) is 0 Å². The van der Waals surface area contributed by atoms with E-state index in [-0.39, 0.29) is 0 Å². The summed E-state index contributed by atoms with van der Waals surface area (Å²) in [6.07, 6.45) is 3.99. The molecule has 25 heavy (non-hydrogen) atoms. The topological polar surface area (TPSA) is 46.3 Å². The van der Waals surface area contributed by atoms with Crippen LogP contribution < -0.4 is 0 Å². The number of hydrogen-bond donors (Lipinski definition) is 0. The average Bonchev–Trinajstić information content (AvgIpc) is 3.06. The average molecular weight is 400 g/mol. The van der Waals surface area contributed by atoms with Crippen LogP contribution >= 0.6 is 15.9 Å². The summed E-state index contributed by atoms with van der Waals surface area (Å²) in [7, 11) is 0. The molecule has 1 unspecified atom stereocenters. The second-order valence-electron chi connectivity index (χ2n) is 6.95. The van der Waals surface area contributed by atoms with Gasteiger partial charge in [-0.15, -0.1) is 0 Å². The van der Waals surface area contributed by atoms with E-state index in [9.17, 15) is 0 Å². The minimum Gasteiger partial charge on any atom is -0.298 e. The summed E-state index contributed by atoms with van der Waals surface area (Å²) in [5.41, 5.74) is 4.91. The molecule has 0 amide bonds. The Balaban J connectivity index is 1.56. The normalized spacial score (nSPS) is 18.8. The maximum Gasteiger partial charge on any atom is 0.252 e. The number of aromatic nitrogens is 4. The van der Waals surface area contributed by atoms with Crippen LogP contribution in [0, 0.1) is 13.8 Å². The number of halogens is 1. The van der Waals surface area contributed by atoms with Crippen molar-refractivity contribution in [3.63, 3.8) is 0 Å². The summed E-state index contributed by atoms with van der Waals surface area (Å²) in [6, 6.07) is 8.81. The monoisotopic (exact) mass is 399 g/mol. The van der Waals surface area contributed by atoms with E-state index in [1.54, 1.807) is 6.33 Å². The van der Waals surface area contributed by atoms with Gasteiger partial charge >= 0.3 is 0 Å². The molecule has 0 N–H and O–H groups in total. The second kappa shape index (κ2) is 6.84. The highest BCUT2D eigenvalue weighted by molar-refractivity contribution is 9.10. The largest absolute Gasteiger partial charge is 0.298 e. The first kappa shape index (κ1) is 16.7. The fourth-order valence-electron chi connectivity index (χ4n) is 3.75. The van der Waals surface area contributed by atoms with Gasteiger partial charge in [0.2, 0.25) is 0 Å². The van der Waals surface area contributed by atoms with E-state index < -0.39 is 0 Å². The van der Waals surface area contributed by atoms with Crippen molar-refractivity contribution in [2.45, 2.75) is 39.2 Å². The van der Waals surface area contributed by atoms with Gasteiger partial charge in [-0.2, -0.15) is 10.1 Å². The maximum absolute atomic E-state index is 4.47. The summed E-state index contributed by atoms with van der Waals surface area (Å²) in [4.78, 5) is 11.3. The standard InChI is InChI=1S/C19H22BrN5/c1-13-8-15(5-6-17(13)20)10-24-7-3-4-16(11-24)18-9-14(2)23-19-21-12-22-25(18)19/h5-6,8-9,12,16H,3-4,7,10-11H2,1-2H3. The zero-order valence-corrected chi connectivity index (χ0v) is 16.2. The SMILES string of the molecule is Cc1cc(C2CCCN(Cc3ccc(Br)c(C)c3)C2)n2ncnc2n1. The summed E-state index contributed by atoms with van der Waals surface area (Å²) in [6.45, 7) is 7.37. The first-order chi connectivity index (χ1) is 12.1. The molecule has 3 heterocycles. The molecule has 4 rings (SSSR count). The highest BCUT2D eigenvalue weighted by atomic mass is 79.9. The third-order valence-corrected chi connectivity index (χ3v) is 5.85. The Labute approximate surface area is 156 Å². The number of aryl methyl sites for hydroxylation is 2. The predicted octanol–water partition coefficient (Wildman–Crippen LogP) is 3.88. The van der Waals surface area contributed by atoms with Crippen LogP contribution in [0.25, 0.3) is 5.78 Å². The van der Waals surface area contributed by atoms with Crippen LogP contribution in [-0.2, 0) is 6.54 Å². The van der Waals surface area contributed by atoms with Gasteiger partial charge in [0.1, 0.15) is 6.33 Å². The summed E-state index contributed by atoms with van der Waals surface area (Å²) in [5, 5.41) is 4.38. The first-order valence-corrected chi connectivity index (χ1v) is 9.54. The lowest BCUT2D eigenvalue weighted by atomic mass is 9.93. The molecule has 0 bridgehead atoms. The van der Waals surface area contributed by atoms with E-state index >= 15 is 0 Å². The first-order valence-electron chi connectivity index (χ1n) is 8.75. The van der Waals surface area contributed by atoms with E-state index in [0.29, 0.717) is 11.7 Å². The molecule has 1 aliphatic rings. The van der Waals surface area contributed by atoms with Gasteiger partial charge in [0.25, 0.3) is 5.78 Å². The minimum absolute atomic E-state index is 0.469. The van der Waals surface area contributed by atoms with Gasteiger partial charge in [0.05, 0.1) is 5.69 Å². The van der Waals surface area contributed by atoms with Gasteiger partial charge < -0.3 is 0 Å². The smallest absolute Gasteiger partial charge is 0.252 e. The number of fused-ring (bicyclic) bond motifs is 1. The van der Waals surface area contributed by atoms with Crippen LogP contribution in [0.15, 0.2) is 35.1 Å². The number of benzene rings is 1. The van der Waals surface area contributed by atoms with Crippen molar-refractivity contribution >= 4 is 21.7 Å². The van der Waals surface area contributed by atoms with Gasteiger partial charge in [0.15, 0.2) is 0 Å². The molecular formula is C19H22BrN5. The molecule has 2 aromatic heterocycles. The van der Waals surface area contributed by atoms with Crippen molar-refractivity contribution < 1.29 is 0 Å². The third-order valence-electron chi connectivity index (χ3n) is 4.96. The number of piperidine rings is 1. The van der Waals surface area contributed by atoms with Gasteiger partial charge in [-0.05, 0) is 56.5 Å². The predicted molar refractivity (Wildman–Crippen MR) is 102 cm³/mol. The number of hydrogen-bond acceptors (Lipinski definition) is 4. The van der Waals surface area contributed by atoms with Crippen molar-refractivity contribution in [2.75, 3.05) is 13.1 Å². The minimum atomic E-state index is 0.469. The van der Waals surface area contributed by atoms with E-state index in [1.807, 2.05) is 11.4 Å². The van der Waals surface area contributed by atoms with Crippen molar-refractivity contribution in [1.29, 1.82) is 0 Å². The van der Waals surface area contributed by atoms with Gasteiger partial charge in [-0.25, -0.2) is 9.50 Å². The molecule has 1 aliphatic heterocycles. The molecule has 130 valence electrons. The molecule has 6 heteroatoms. The number of likely N-dealkylation sites (tertiary alicyclic amines) is 1. The molecule has 1 saturated heterocycles. The fraction of sp³-hybridized carbons (Fsp3) is 0.421. The Kier molecular flexibility index (Phi) is 4.56. The van der Waals surface area contributed by atoms with Gasteiger partial charge in [-0.3, -0.25) is 4.90 Å². The second-order valence-corrected chi connectivity index (χ2v) is 7.81. The Morgan fingerprint density at radius 3 is 2.96 bits per heavy atom. The molecule has 0 radical (unpaired) electrons. The Hall–Kier alpha value is -1.79. The van der Waals surface area contributed by atoms with E-state index in [1.165, 1.54) is 34.1 Å². The quantitative estimate of drug-likeness (QED) is 0.670. The lowest BCUT2D eigenvalue weighted by Crippen LogP contribution is -2.34. The molecule has 5 nitrogen and oxygen atoms in total. The maximum atomic E-state index is 4.47. The molecule has 0 aliphatic carbocycles. The fourth-order valence-corrected chi connectivity index (χ4v) is 4.00. The molecular weight excluding hydrogens is 378 g/mol. The zero-order valence-electron chi connectivity index (χ0n) is 14.6. The molecule has 1 atom stereocenters. The molecule has 1 fully saturated rings. The lowest BCUT2D eigenvalue weighted by molar-refractivity contribution is 0.197. The van der Waals surface area contributed by atoms with Crippen molar-refractivity contribution in [1.82, 2.24) is 24.5 Å².